The minimum absolute atomic E-state index is 0.304. The van der Waals surface area contributed by atoms with Crippen molar-refractivity contribution >= 4 is 63.2 Å². The molecule has 0 spiro atoms. The number of imide groups is 1. The van der Waals surface area contributed by atoms with Crippen molar-refractivity contribution in [1.82, 2.24) is 4.90 Å². The van der Waals surface area contributed by atoms with E-state index in [0.29, 0.717) is 10.6 Å². The number of aryl methyl sites for hydroxylation is 1. The summed E-state index contributed by atoms with van der Waals surface area (Å²) in [6.45, 7) is 1.63. The van der Waals surface area contributed by atoms with Crippen molar-refractivity contribution in [3.05, 3.63) is 68.1 Å². The number of anilines is 1. The van der Waals surface area contributed by atoms with Gasteiger partial charge in [-0.2, -0.15) is 0 Å². The predicted molar refractivity (Wildman–Crippen MR) is 112 cm³/mol. The van der Waals surface area contributed by atoms with Gasteiger partial charge < -0.3 is 5.32 Å². The molecule has 7 heteroatoms. The highest BCUT2D eigenvalue weighted by molar-refractivity contribution is 14.1. The number of rotatable bonds is 4. The quantitative estimate of drug-likeness (QED) is 0.527. The smallest absolute Gasteiger partial charge is 0.294 e. The molecule has 0 unspecified atom stereocenters. The fourth-order valence-corrected chi connectivity index (χ4v) is 3.59. The number of thioether (sulfide) groups is 1. The zero-order chi connectivity index (χ0) is 18.7. The maximum atomic E-state index is 12.5. The van der Waals surface area contributed by atoms with Gasteiger partial charge in [-0.3, -0.25) is 19.3 Å². The highest BCUT2D eigenvalue weighted by atomic mass is 127. The first-order valence-corrected chi connectivity index (χ1v) is 9.70. The third-order valence-corrected chi connectivity index (χ3v) is 5.40. The average molecular weight is 478 g/mol. The molecule has 1 aliphatic rings. The third-order valence-electron chi connectivity index (χ3n) is 3.78. The maximum absolute atomic E-state index is 12.5. The van der Waals surface area contributed by atoms with Crippen LogP contribution in [0.5, 0.6) is 0 Å². The Morgan fingerprint density at radius 1 is 1.15 bits per heavy atom. The van der Waals surface area contributed by atoms with Crippen LogP contribution in [0.3, 0.4) is 0 Å². The molecule has 1 fully saturated rings. The van der Waals surface area contributed by atoms with Gasteiger partial charge in [-0.1, -0.05) is 24.3 Å². The molecule has 3 rings (SSSR count). The van der Waals surface area contributed by atoms with Gasteiger partial charge in [0, 0.05) is 9.26 Å². The van der Waals surface area contributed by atoms with E-state index in [0.717, 1.165) is 31.4 Å². The number of carbonyl (C=O) groups excluding carboxylic acids is 3. The number of hydrogen-bond donors (Lipinski definition) is 1. The maximum Gasteiger partial charge on any atom is 0.294 e. The zero-order valence-corrected chi connectivity index (χ0v) is 16.8. The predicted octanol–water partition coefficient (Wildman–Crippen LogP) is 4.27. The molecule has 26 heavy (non-hydrogen) atoms. The molecule has 0 saturated carbocycles. The van der Waals surface area contributed by atoms with E-state index in [-0.39, 0.29) is 6.54 Å². The summed E-state index contributed by atoms with van der Waals surface area (Å²) in [5.74, 6) is -0.855. The number of halogens is 1. The van der Waals surface area contributed by atoms with Crippen LogP contribution < -0.4 is 5.32 Å². The van der Waals surface area contributed by atoms with E-state index in [1.807, 2.05) is 43.3 Å². The van der Waals surface area contributed by atoms with Gasteiger partial charge in [0.2, 0.25) is 5.91 Å². The van der Waals surface area contributed by atoms with Crippen molar-refractivity contribution in [2.24, 2.45) is 0 Å². The Kier molecular flexibility index (Phi) is 5.77. The molecule has 1 aliphatic heterocycles. The monoisotopic (exact) mass is 478 g/mol. The van der Waals surface area contributed by atoms with Gasteiger partial charge in [0.25, 0.3) is 11.1 Å². The van der Waals surface area contributed by atoms with Crippen LogP contribution in [-0.2, 0) is 9.59 Å². The van der Waals surface area contributed by atoms with Gasteiger partial charge in [-0.05, 0) is 82.7 Å². The molecule has 5 nitrogen and oxygen atoms in total. The topological polar surface area (TPSA) is 66.5 Å². The van der Waals surface area contributed by atoms with Gasteiger partial charge >= 0.3 is 0 Å². The van der Waals surface area contributed by atoms with Crippen LogP contribution in [0.25, 0.3) is 6.08 Å². The van der Waals surface area contributed by atoms with E-state index in [1.165, 1.54) is 0 Å². The van der Waals surface area contributed by atoms with Crippen molar-refractivity contribution < 1.29 is 14.4 Å². The Morgan fingerprint density at radius 2 is 1.85 bits per heavy atom. The molecular formula is C19H15IN2O3S. The highest BCUT2D eigenvalue weighted by Gasteiger charge is 2.36. The summed E-state index contributed by atoms with van der Waals surface area (Å²) in [5.41, 5.74) is 2.51. The lowest BCUT2D eigenvalue weighted by molar-refractivity contribution is -0.127. The number of nitrogens with zero attached hydrogens (tertiary/aromatic N) is 1. The molecule has 1 N–H and O–H groups in total. The van der Waals surface area contributed by atoms with E-state index in [9.17, 15) is 14.4 Å². The Hall–Kier alpha value is -2.13. The fraction of sp³-hybridized carbons (Fsp3) is 0.105. The van der Waals surface area contributed by atoms with Crippen LogP contribution in [0.4, 0.5) is 10.5 Å². The van der Waals surface area contributed by atoms with E-state index < -0.39 is 17.1 Å². The van der Waals surface area contributed by atoms with Gasteiger partial charge in [0.15, 0.2) is 0 Å². The fourth-order valence-electron chi connectivity index (χ4n) is 2.40. The first-order valence-electron chi connectivity index (χ1n) is 7.80. The second-order valence-corrected chi connectivity index (χ2v) is 7.92. The van der Waals surface area contributed by atoms with Crippen LogP contribution in [-0.4, -0.2) is 28.5 Å². The Labute approximate surface area is 169 Å². The lowest BCUT2D eigenvalue weighted by Gasteiger charge is -2.12. The molecule has 0 aromatic heterocycles. The number of carbonyl (C=O) groups is 3. The second-order valence-electron chi connectivity index (χ2n) is 5.68. The van der Waals surface area contributed by atoms with Crippen molar-refractivity contribution in [1.29, 1.82) is 0 Å². The highest BCUT2D eigenvalue weighted by Crippen LogP contribution is 2.32. The summed E-state index contributed by atoms with van der Waals surface area (Å²) in [7, 11) is 0. The summed E-state index contributed by atoms with van der Waals surface area (Å²) in [5, 5.41) is 2.26. The van der Waals surface area contributed by atoms with Gasteiger partial charge in [0.05, 0.1) is 4.91 Å². The van der Waals surface area contributed by atoms with Crippen molar-refractivity contribution in [3.8, 4) is 0 Å². The summed E-state index contributed by atoms with van der Waals surface area (Å²) in [6.07, 6.45) is 1.69. The van der Waals surface area contributed by atoms with Crippen molar-refractivity contribution in [3.63, 3.8) is 0 Å². The average Bonchev–Trinajstić information content (AvgIpc) is 2.86. The number of benzene rings is 2. The number of amides is 3. The van der Waals surface area contributed by atoms with E-state index in [4.69, 9.17) is 0 Å². The van der Waals surface area contributed by atoms with Gasteiger partial charge in [-0.15, -0.1) is 0 Å². The van der Waals surface area contributed by atoms with Crippen molar-refractivity contribution in [2.45, 2.75) is 6.92 Å². The lowest BCUT2D eigenvalue weighted by atomic mass is 10.1. The van der Waals surface area contributed by atoms with Crippen LogP contribution in [0.1, 0.15) is 11.1 Å². The zero-order valence-electron chi connectivity index (χ0n) is 13.9. The minimum Gasteiger partial charge on any atom is -0.325 e. The summed E-state index contributed by atoms with van der Waals surface area (Å²) < 4.78 is 1.05. The summed E-state index contributed by atoms with van der Waals surface area (Å²) in [6, 6.07) is 14.9. The Balaban J connectivity index is 1.70. The molecule has 0 atom stereocenters. The molecule has 0 aliphatic carbocycles. The molecular weight excluding hydrogens is 463 g/mol. The molecule has 132 valence electrons. The summed E-state index contributed by atoms with van der Waals surface area (Å²) >= 11 is 3.02. The van der Waals surface area contributed by atoms with Crippen molar-refractivity contribution in [2.75, 3.05) is 11.9 Å². The van der Waals surface area contributed by atoms with E-state index in [2.05, 4.69) is 27.9 Å². The molecule has 2 aromatic carbocycles. The molecule has 0 radical (unpaired) electrons. The number of nitrogens with one attached hydrogen (secondary N) is 1. The number of hydrogen-bond acceptors (Lipinski definition) is 4. The normalized spacial score (nSPS) is 15.6. The Morgan fingerprint density at radius 3 is 2.54 bits per heavy atom. The second kappa shape index (κ2) is 8.05. The molecule has 1 heterocycles. The first kappa shape index (κ1) is 18.7. The van der Waals surface area contributed by atoms with Gasteiger partial charge in [0.1, 0.15) is 6.54 Å². The largest absolute Gasteiger partial charge is 0.325 e. The van der Waals surface area contributed by atoms with Gasteiger partial charge in [-0.25, -0.2) is 0 Å². The standard InChI is InChI=1S/C19H15IN2O3S/c1-12-4-2-3-5-13(12)10-16-18(24)22(19(25)26-16)11-17(23)21-15-8-6-14(20)7-9-15/h2-10H,11H2,1H3,(H,21,23)/b16-10+. The minimum atomic E-state index is -0.444. The third kappa shape index (κ3) is 4.34. The van der Waals surface area contributed by atoms with Crippen LogP contribution in [0.2, 0.25) is 0 Å². The van der Waals surface area contributed by atoms with Crippen LogP contribution in [0.15, 0.2) is 53.4 Å². The molecule has 0 bridgehead atoms. The van der Waals surface area contributed by atoms with Crippen LogP contribution >= 0.6 is 34.4 Å². The SMILES string of the molecule is Cc1ccccc1/C=C1/SC(=O)N(CC(=O)Nc2ccc(I)cc2)C1=O. The molecule has 2 aromatic rings. The molecule has 3 amide bonds. The first-order chi connectivity index (χ1) is 12.4. The summed E-state index contributed by atoms with van der Waals surface area (Å²) in [4.78, 5) is 38.1. The van der Waals surface area contributed by atoms with E-state index in [1.54, 1.807) is 18.2 Å². The van der Waals surface area contributed by atoms with Crippen LogP contribution in [0, 0.1) is 10.5 Å². The lowest BCUT2D eigenvalue weighted by Crippen LogP contribution is -2.36. The Bertz CT molecular complexity index is 909. The molecule has 1 saturated heterocycles. The van der Waals surface area contributed by atoms with E-state index >= 15 is 0 Å².